The van der Waals surface area contributed by atoms with Gasteiger partial charge in [0.15, 0.2) is 0 Å². The van der Waals surface area contributed by atoms with E-state index in [1.165, 1.54) is 12.8 Å². The van der Waals surface area contributed by atoms with Gasteiger partial charge in [-0.25, -0.2) is 4.98 Å². The Hall–Kier alpha value is -1.20. The Balaban J connectivity index is 1.70. The normalized spacial score (nSPS) is 14.8. The lowest BCUT2D eigenvalue weighted by Crippen LogP contribution is -2.25. The first-order chi connectivity index (χ1) is 9.65. The molecule has 0 bridgehead atoms. The summed E-state index contributed by atoms with van der Waals surface area (Å²) in [5.41, 5.74) is 0.973. The highest BCUT2D eigenvalue weighted by Crippen LogP contribution is 2.28. The number of nitrogens with one attached hydrogen (secondary N) is 1. The summed E-state index contributed by atoms with van der Waals surface area (Å²) in [5, 5.41) is 3.33. The van der Waals surface area contributed by atoms with Crippen molar-refractivity contribution in [1.29, 1.82) is 0 Å². The van der Waals surface area contributed by atoms with E-state index in [0.29, 0.717) is 6.04 Å². The van der Waals surface area contributed by atoms with Crippen molar-refractivity contribution in [2.24, 2.45) is 5.92 Å². The van der Waals surface area contributed by atoms with Gasteiger partial charge in [-0.3, -0.25) is 4.98 Å². The predicted molar refractivity (Wildman–Crippen MR) is 80.8 cm³/mol. The van der Waals surface area contributed by atoms with Crippen LogP contribution in [0, 0.1) is 5.92 Å². The zero-order chi connectivity index (χ0) is 14.4. The number of ether oxygens (including phenoxy) is 1. The van der Waals surface area contributed by atoms with E-state index in [9.17, 15) is 0 Å². The summed E-state index contributed by atoms with van der Waals surface area (Å²) in [6.07, 6.45) is 6.35. The molecule has 2 rings (SSSR count). The van der Waals surface area contributed by atoms with Crippen molar-refractivity contribution in [3.63, 3.8) is 0 Å². The van der Waals surface area contributed by atoms with Crippen molar-refractivity contribution in [2.45, 2.75) is 39.3 Å². The van der Waals surface area contributed by atoms with E-state index in [4.69, 9.17) is 4.74 Å². The molecule has 1 aliphatic rings. The lowest BCUT2D eigenvalue weighted by molar-refractivity contribution is 0.131. The van der Waals surface area contributed by atoms with Crippen LogP contribution in [0.3, 0.4) is 0 Å². The summed E-state index contributed by atoms with van der Waals surface area (Å²) in [6.45, 7) is 7.53. The summed E-state index contributed by atoms with van der Waals surface area (Å²) < 4.78 is 5.64. The summed E-state index contributed by atoms with van der Waals surface area (Å²) in [4.78, 5) is 11.0. The largest absolute Gasteiger partial charge is 0.379 e. The van der Waals surface area contributed by atoms with Gasteiger partial charge in [0.25, 0.3) is 0 Å². The third-order valence-electron chi connectivity index (χ3n) is 3.40. The van der Waals surface area contributed by atoms with E-state index in [1.807, 2.05) is 19.4 Å². The maximum absolute atomic E-state index is 5.64. The molecule has 1 N–H and O–H groups in total. The van der Waals surface area contributed by atoms with Crippen LogP contribution in [-0.4, -0.2) is 42.8 Å². The number of anilines is 1. The van der Waals surface area contributed by atoms with Gasteiger partial charge in [0.1, 0.15) is 5.82 Å². The lowest BCUT2D eigenvalue weighted by atomic mass is 10.3. The van der Waals surface area contributed by atoms with Crippen LogP contribution in [0.4, 0.5) is 5.82 Å². The molecular weight excluding hydrogens is 252 g/mol. The summed E-state index contributed by atoms with van der Waals surface area (Å²) in [7, 11) is 2.02. The van der Waals surface area contributed by atoms with E-state index in [0.717, 1.165) is 43.7 Å². The van der Waals surface area contributed by atoms with Crippen molar-refractivity contribution in [1.82, 2.24) is 15.3 Å². The third kappa shape index (κ3) is 5.43. The summed E-state index contributed by atoms with van der Waals surface area (Å²) in [6, 6.07) is 0.461. The molecule has 1 heterocycles. The standard InChI is InChI=1S/C15H26N4O/c1-12(2)16-8-14-9-18-15(10-17-14)19(3)6-7-20-11-13-4-5-13/h9-10,12-13,16H,4-8,11H2,1-3H3. The second-order valence-electron chi connectivity index (χ2n) is 5.84. The first-order valence-corrected chi connectivity index (χ1v) is 7.48. The zero-order valence-corrected chi connectivity index (χ0v) is 12.8. The third-order valence-corrected chi connectivity index (χ3v) is 3.40. The van der Waals surface area contributed by atoms with E-state index in [-0.39, 0.29) is 0 Å². The van der Waals surface area contributed by atoms with Crippen LogP contribution in [0.1, 0.15) is 32.4 Å². The molecule has 5 nitrogen and oxygen atoms in total. The summed E-state index contributed by atoms with van der Waals surface area (Å²) in [5.74, 6) is 1.72. The van der Waals surface area contributed by atoms with Crippen molar-refractivity contribution in [2.75, 3.05) is 31.7 Å². The lowest BCUT2D eigenvalue weighted by Gasteiger charge is -2.18. The first kappa shape index (κ1) is 15.2. The van der Waals surface area contributed by atoms with E-state index in [1.54, 1.807) is 0 Å². The smallest absolute Gasteiger partial charge is 0.146 e. The fourth-order valence-electron chi connectivity index (χ4n) is 1.80. The van der Waals surface area contributed by atoms with Gasteiger partial charge in [-0.15, -0.1) is 0 Å². The highest BCUT2D eigenvalue weighted by molar-refractivity contribution is 5.34. The Bertz CT molecular complexity index is 389. The molecule has 1 saturated carbocycles. The molecule has 5 heteroatoms. The molecule has 0 radical (unpaired) electrons. The van der Waals surface area contributed by atoms with Crippen LogP contribution in [0.25, 0.3) is 0 Å². The summed E-state index contributed by atoms with van der Waals surface area (Å²) >= 11 is 0. The number of aromatic nitrogens is 2. The Morgan fingerprint density at radius 3 is 2.75 bits per heavy atom. The maximum Gasteiger partial charge on any atom is 0.146 e. The average molecular weight is 278 g/mol. The molecule has 0 amide bonds. The molecule has 1 fully saturated rings. The Morgan fingerprint density at radius 2 is 2.15 bits per heavy atom. The minimum atomic E-state index is 0.461. The highest BCUT2D eigenvalue weighted by Gasteiger charge is 2.20. The topological polar surface area (TPSA) is 50.3 Å². The van der Waals surface area contributed by atoms with Crippen molar-refractivity contribution in [3.8, 4) is 0 Å². The molecule has 1 aromatic rings. The van der Waals surface area contributed by atoms with Crippen LogP contribution in [-0.2, 0) is 11.3 Å². The van der Waals surface area contributed by atoms with Gasteiger partial charge in [0.2, 0.25) is 0 Å². The molecule has 0 spiro atoms. The zero-order valence-electron chi connectivity index (χ0n) is 12.8. The molecule has 0 atom stereocenters. The molecular formula is C15H26N4O. The molecule has 112 valence electrons. The van der Waals surface area contributed by atoms with Crippen molar-refractivity contribution >= 4 is 5.82 Å². The maximum atomic E-state index is 5.64. The van der Waals surface area contributed by atoms with Crippen molar-refractivity contribution < 1.29 is 4.74 Å². The van der Waals surface area contributed by atoms with Crippen LogP contribution in [0.15, 0.2) is 12.4 Å². The molecule has 0 saturated heterocycles. The minimum absolute atomic E-state index is 0.461. The molecule has 0 unspecified atom stereocenters. The minimum Gasteiger partial charge on any atom is -0.379 e. The Labute approximate surface area is 121 Å². The Kier molecular flexibility index (Phi) is 5.73. The van der Waals surface area contributed by atoms with E-state index >= 15 is 0 Å². The number of likely N-dealkylation sites (N-methyl/N-ethyl adjacent to an activating group) is 1. The van der Waals surface area contributed by atoms with Gasteiger partial charge in [-0.05, 0) is 18.8 Å². The predicted octanol–water partition coefficient (Wildman–Crippen LogP) is 1.84. The number of nitrogens with zero attached hydrogens (tertiary/aromatic N) is 3. The number of rotatable bonds is 9. The second kappa shape index (κ2) is 7.55. The first-order valence-electron chi connectivity index (χ1n) is 7.48. The molecule has 0 aliphatic heterocycles. The molecule has 20 heavy (non-hydrogen) atoms. The number of hydrogen-bond donors (Lipinski definition) is 1. The highest BCUT2D eigenvalue weighted by atomic mass is 16.5. The van der Waals surface area contributed by atoms with E-state index < -0.39 is 0 Å². The van der Waals surface area contributed by atoms with Crippen molar-refractivity contribution in [3.05, 3.63) is 18.1 Å². The molecule has 0 aromatic carbocycles. The van der Waals surface area contributed by atoms with Gasteiger partial charge in [0, 0.05) is 32.8 Å². The van der Waals surface area contributed by atoms with Crippen LogP contribution < -0.4 is 10.2 Å². The van der Waals surface area contributed by atoms with Gasteiger partial charge in [0.05, 0.1) is 24.7 Å². The quantitative estimate of drug-likeness (QED) is 0.699. The fourth-order valence-corrected chi connectivity index (χ4v) is 1.80. The fraction of sp³-hybridized carbons (Fsp3) is 0.733. The van der Waals surface area contributed by atoms with Gasteiger partial charge < -0.3 is 15.0 Å². The van der Waals surface area contributed by atoms with Crippen LogP contribution in [0.2, 0.25) is 0 Å². The monoisotopic (exact) mass is 278 g/mol. The second-order valence-corrected chi connectivity index (χ2v) is 5.84. The molecule has 1 aliphatic carbocycles. The number of hydrogen-bond acceptors (Lipinski definition) is 5. The van der Waals surface area contributed by atoms with Gasteiger partial charge in [-0.1, -0.05) is 13.8 Å². The van der Waals surface area contributed by atoms with Gasteiger partial charge >= 0.3 is 0 Å². The van der Waals surface area contributed by atoms with Crippen LogP contribution >= 0.6 is 0 Å². The Morgan fingerprint density at radius 1 is 1.35 bits per heavy atom. The van der Waals surface area contributed by atoms with Gasteiger partial charge in [-0.2, -0.15) is 0 Å². The van der Waals surface area contributed by atoms with Crippen LogP contribution in [0.5, 0.6) is 0 Å². The van der Waals surface area contributed by atoms with E-state index in [2.05, 4.69) is 34.0 Å². The molecule has 1 aromatic heterocycles. The average Bonchev–Trinajstić information content (AvgIpc) is 3.26. The SMILES string of the molecule is CC(C)NCc1cnc(N(C)CCOCC2CC2)cn1.